The molecule has 0 radical (unpaired) electrons. The topological polar surface area (TPSA) is 162 Å². The van der Waals surface area contributed by atoms with E-state index in [1.54, 1.807) is 26.1 Å². The van der Waals surface area contributed by atoms with E-state index in [1.165, 1.54) is 19.3 Å². The molecule has 1 aliphatic rings. The van der Waals surface area contributed by atoms with Crippen LogP contribution < -0.4 is 27.4 Å². The predicted molar refractivity (Wildman–Crippen MR) is 136 cm³/mol. The van der Waals surface area contributed by atoms with Crippen LogP contribution in [0.2, 0.25) is 0 Å². The fourth-order valence-electron chi connectivity index (χ4n) is 3.73. The lowest BCUT2D eigenvalue weighted by atomic mass is 9.89. The molecule has 35 heavy (non-hydrogen) atoms. The van der Waals surface area contributed by atoms with Crippen molar-refractivity contribution >= 4 is 17.6 Å². The normalized spacial score (nSPS) is 13.9. The van der Waals surface area contributed by atoms with Crippen LogP contribution in [0.25, 0.3) is 0 Å². The lowest BCUT2D eigenvalue weighted by Crippen LogP contribution is -2.27. The van der Waals surface area contributed by atoms with Crippen LogP contribution in [0.3, 0.4) is 0 Å². The number of nitrogens with two attached hydrogens (primary N) is 3. The number of carbonyl (C=O) groups is 2. The number of hydrogen-bond acceptors (Lipinski definition) is 7. The number of pyridine rings is 1. The summed E-state index contributed by atoms with van der Waals surface area (Å²) < 4.78 is 5.46. The molecule has 1 aromatic carbocycles. The van der Waals surface area contributed by atoms with Crippen LogP contribution in [0.4, 0.5) is 0 Å². The molecule has 190 valence electrons. The molecular formula is C25H37N7O3. The first-order valence-corrected chi connectivity index (χ1v) is 11.8. The summed E-state index contributed by atoms with van der Waals surface area (Å²) in [6.07, 6.45) is 5.70. The van der Waals surface area contributed by atoms with Gasteiger partial charge in [0.2, 0.25) is 5.91 Å². The summed E-state index contributed by atoms with van der Waals surface area (Å²) in [6.45, 7) is 4.66. The number of amidine groups is 1. The van der Waals surface area contributed by atoms with E-state index < -0.39 is 0 Å². The zero-order valence-corrected chi connectivity index (χ0v) is 20.8. The molecule has 1 aliphatic carbocycles. The highest BCUT2D eigenvalue weighted by atomic mass is 16.5. The van der Waals surface area contributed by atoms with Gasteiger partial charge in [0.15, 0.2) is 5.84 Å². The summed E-state index contributed by atoms with van der Waals surface area (Å²) in [5, 5.41) is 7.90. The van der Waals surface area contributed by atoms with Crippen LogP contribution in [0.5, 0.6) is 5.75 Å². The van der Waals surface area contributed by atoms with Crippen LogP contribution in [0, 0.1) is 12.8 Å². The highest BCUT2D eigenvalue weighted by Gasteiger charge is 2.17. The molecule has 0 unspecified atom stereocenters. The Morgan fingerprint density at radius 1 is 1.17 bits per heavy atom. The number of amides is 2. The van der Waals surface area contributed by atoms with Crippen molar-refractivity contribution < 1.29 is 14.3 Å². The fourth-order valence-corrected chi connectivity index (χ4v) is 3.73. The standard InChI is InChI=1S/C18H24N6O2.C7H13NO/c1-4-26-15-7-5-6-13(9-15)11-21-18(25)16-10-14(8-12(2)22-16)17(19)23-24(3)20;8-7(9)6-4-2-1-3-5-6/h5-10H,4,11,20H2,1-3H3,(H2,19,23)(H,21,25);6H,1-5H2,(H2,8,9). The lowest BCUT2D eigenvalue weighted by molar-refractivity contribution is -0.122. The van der Waals surface area contributed by atoms with Gasteiger partial charge in [-0.05, 0) is 56.5 Å². The molecule has 10 heteroatoms. The molecule has 0 atom stereocenters. The van der Waals surface area contributed by atoms with Crippen molar-refractivity contribution in [3.8, 4) is 5.75 Å². The van der Waals surface area contributed by atoms with E-state index in [9.17, 15) is 9.59 Å². The Balaban J connectivity index is 0.000000402. The molecule has 0 spiro atoms. The molecule has 1 saturated carbocycles. The van der Waals surface area contributed by atoms with Crippen LogP contribution in [0.1, 0.15) is 66.3 Å². The maximum absolute atomic E-state index is 12.5. The third-order valence-corrected chi connectivity index (χ3v) is 5.42. The first-order valence-electron chi connectivity index (χ1n) is 11.8. The van der Waals surface area contributed by atoms with Gasteiger partial charge in [-0.1, -0.05) is 31.4 Å². The number of primary amides is 1. The van der Waals surface area contributed by atoms with Gasteiger partial charge in [-0.15, -0.1) is 5.10 Å². The molecule has 0 bridgehead atoms. The Labute approximate surface area is 206 Å². The summed E-state index contributed by atoms with van der Waals surface area (Å²) in [5.41, 5.74) is 13.5. The van der Waals surface area contributed by atoms with Gasteiger partial charge >= 0.3 is 0 Å². The number of benzene rings is 1. The number of rotatable bonds is 8. The van der Waals surface area contributed by atoms with E-state index in [2.05, 4.69) is 15.4 Å². The zero-order chi connectivity index (χ0) is 25.8. The van der Waals surface area contributed by atoms with Crippen molar-refractivity contribution in [2.24, 2.45) is 28.3 Å². The Bertz CT molecular complexity index is 1020. The number of hydrazine groups is 1. The number of aryl methyl sites for hydroxylation is 1. The number of nitrogens with zero attached hydrogens (tertiary/aromatic N) is 3. The van der Waals surface area contributed by atoms with E-state index in [0.717, 1.165) is 29.3 Å². The van der Waals surface area contributed by atoms with Gasteiger partial charge in [-0.2, -0.15) is 0 Å². The van der Waals surface area contributed by atoms with Gasteiger partial charge in [0.05, 0.1) is 6.61 Å². The van der Waals surface area contributed by atoms with Gasteiger partial charge in [0.25, 0.3) is 5.91 Å². The molecule has 7 N–H and O–H groups in total. The molecule has 1 fully saturated rings. The second-order valence-electron chi connectivity index (χ2n) is 8.44. The molecule has 1 aromatic heterocycles. The number of carbonyl (C=O) groups excluding carboxylic acids is 2. The number of nitrogens with one attached hydrogen (secondary N) is 1. The summed E-state index contributed by atoms with van der Waals surface area (Å²) in [6, 6.07) is 10.9. The summed E-state index contributed by atoms with van der Waals surface area (Å²) in [5.74, 6) is 6.24. The van der Waals surface area contributed by atoms with E-state index in [0.29, 0.717) is 24.4 Å². The fraction of sp³-hybridized carbons (Fsp3) is 0.440. The number of hydrazone groups is 1. The monoisotopic (exact) mass is 483 g/mol. The Morgan fingerprint density at radius 2 is 1.89 bits per heavy atom. The third kappa shape index (κ3) is 9.62. The van der Waals surface area contributed by atoms with E-state index in [-0.39, 0.29) is 29.3 Å². The van der Waals surface area contributed by atoms with Crippen LogP contribution in [-0.4, -0.2) is 41.4 Å². The summed E-state index contributed by atoms with van der Waals surface area (Å²) in [7, 11) is 1.56. The molecule has 1 heterocycles. The molecule has 3 rings (SSSR count). The van der Waals surface area contributed by atoms with Crippen LogP contribution in [-0.2, 0) is 11.3 Å². The maximum atomic E-state index is 12.5. The van der Waals surface area contributed by atoms with E-state index >= 15 is 0 Å². The summed E-state index contributed by atoms with van der Waals surface area (Å²) in [4.78, 5) is 27.3. The predicted octanol–water partition coefficient (Wildman–Crippen LogP) is 2.20. The van der Waals surface area contributed by atoms with Gasteiger partial charge in [-0.25, -0.2) is 15.9 Å². The highest BCUT2D eigenvalue weighted by molar-refractivity contribution is 6.00. The molecule has 0 aliphatic heterocycles. The minimum Gasteiger partial charge on any atom is -0.494 e. The van der Waals surface area contributed by atoms with E-state index in [4.69, 9.17) is 22.0 Å². The highest BCUT2D eigenvalue weighted by Crippen LogP contribution is 2.22. The first kappa shape index (κ1) is 27.6. The number of ether oxygens (including phenoxy) is 1. The lowest BCUT2D eigenvalue weighted by Gasteiger charge is -2.17. The quantitative estimate of drug-likeness (QED) is 0.194. The van der Waals surface area contributed by atoms with Crippen molar-refractivity contribution in [2.75, 3.05) is 13.7 Å². The van der Waals surface area contributed by atoms with Gasteiger partial charge in [-0.3, -0.25) is 9.59 Å². The van der Waals surface area contributed by atoms with Crippen LogP contribution in [0.15, 0.2) is 41.5 Å². The van der Waals surface area contributed by atoms with E-state index in [1.807, 2.05) is 31.2 Å². The van der Waals surface area contributed by atoms with Crippen molar-refractivity contribution in [1.82, 2.24) is 15.4 Å². The molecule has 0 saturated heterocycles. The maximum Gasteiger partial charge on any atom is 0.270 e. The van der Waals surface area contributed by atoms with Crippen molar-refractivity contribution in [2.45, 2.75) is 52.5 Å². The molecule has 2 amide bonds. The largest absolute Gasteiger partial charge is 0.494 e. The Morgan fingerprint density at radius 3 is 2.49 bits per heavy atom. The van der Waals surface area contributed by atoms with Crippen molar-refractivity contribution in [3.63, 3.8) is 0 Å². The van der Waals surface area contributed by atoms with Crippen molar-refractivity contribution in [3.05, 3.63) is 58.9 Å². The minimum atomic E-state index is -0.300. The smallest absolute Gasteiger partial charge is 0.270 e. The SMILES string of the molecule is CCOc1cccc(CNC(=O)c2cc(/C(N)=N/N(C)N)cc(C)n2)c1.NC(=O)C1CCCCC1. The Kier molecular flexibility index (Phi) is 11.0. The van der Waals surface area contributed by atoms with Gasteiger partial charge in [0, 0.05) is 30.8 Å². The number of hydrogen-bond donors (Lipinski definition) is 4. The molecule has 10 nitrogen and oxygen atoms in total. The van der Waals surface area contributed by atoms with Crippen molar-refractivity contribution in [1.29, 1.82) is 0 Å². The zero-order valence-electron chi connectivity index (χ0n) is 20.8. The Hall–Kier alpha value is -3.66. The second kappa shape index (κ2) is 13.9. The molecular weight excluding hydrogens is 446 g/mol. The number of aromatic nitrogens is 1. The minimum absolute atomic E-state index is 0.102. The molecule has 2 aromatic rings. The second-order valence-corrected chi connectivity index (χ2v) is 8.44. The van der Waals surface area contributed by atoms with Crippen LogP contribution >= 0.6 is 0 Å². The average molecular weight is 484 g/mol. The average Bonchev–Trinajstić information content (AvgIpc) is 2.83. The summed E-state index contributed by atoms with van der Waals surface area (Å²) >= 11 is 0. The third-order valence-electron chi connectivity index (χ3n) is 5.42. The first-order chi connectivity index (χ1) is 16.7. The van der Waals surface area contributed by atoms with Gasteiger partial charge in [0.1, 0.15) is 11.4 Å². The van der Waals surface area contributed by atoms with Gasteiger partial charge < -0.3 is 21.5 Å².